The Balaban J connectivity index is 1.36. The van der Waals surface area contributed by atoms with Crippen molar-refractivity contribution < 1.29 is 19.1 Å². The van der Waals surface area contributed by atoms with Gasteiger partial charge in [0, 0.05) is 5.92 Å². The minimum Gasteiger partial charge on any atom is -0.486 e. The standard InChI is InChI=1S/C19H23N5O4S/c1-11(13-4-5-14-15(8-13)28-7-6-27-14)21-17(26)10-29-19-23-22-18(12-2-3-12)24(19)9-16(20)25/h4-5,8,11-12H,2-3,6-7,9-10H2,1H3,(H2,20,25)(H,21,26)/t11-/m0/s1. The Morgan fingerprint density at radius 1 is 1.28 bits per heavy atom. The van der Waals surface area contributed by atoms with Crippen LogP contribution in [0.15, 0.2) is 23.4 Å². The molecule has 0 spiro atoms. The summed E-state index contributed by atoms with van der Waals surface area (Å²) in [6.45, 7) is 2.99. The van der Waals surface area contributed by atoms with Gasteiger partial charge in [0.1, 0.15) is 25.6 Å². The van der Waals surface area contributed by atoms with E-state index < -0.39 is 5.91 Å². The van der Waals surface area contributed by atoms with E-state index in [-0.39, 0.29) is 24.2 Å². The zero-order valence-electron chi connectivity index (χ0n) is 16.1. The number of primary amides is 1. The second kappa shape index (κ2) is 8.32. The molecule has 1 atom stereocenters. The summed E-state index contributed by atoms with van der Waals surface area (Å²) >= 11 is 1.25. The van der Waals surface area contributed by atoms with Crippen molar-refractivity contribution in [1.29, 1.82) is 0 Å². The van der Waals surface area contributed by atoms with E-state index in [1.54, 1.807) is 4.57 Å². The molecule has 0 saturated heterocycles. The van der Waals surface area contributed by atoms with Crippen LogP contribution in [0, 0.1) is 0 Å². The van der Waals surface area contributed by atoms with Crippen molar-refractivity contribution in [2.24, 2.45) is 5.73 Å². The highest BCUT2D eigenvalue weighted by Gasteiger charge is 2.31. The van der Waals surface area contributed by atoms with E-state index in [1.807, 2.05) is 25.1 Å². The number of amides is 2. The molecule has 3 N–H and O–H groups in total. The smallest absolute Gasteiger partial charge is 0.237 e. The van der Waals surface area contributed by atoms with Gasteiger partial charge in [-0.3, -0.25) is 14.2 Å². The van der Waals surface area contributed by atoms with Gasteiger partial charge in [0.15, 0.2) is 16.7 Å². The number of rotatable bonds is 8. The summed E-state index contributed by atoms with van der Waals surface area (Å²) in [6, 6.07) is 5.46. The fourth-order valence-corrected chi connectivity index (χ4v) is 3.94. The second-order valence-corrected chi connectivity index (χ2v) is 8.09. The Bertz CT molecular complexity index is 927. The molecule has 1 aromatic carbocycles. The van der Waals surface area contributed by atoms with E-state index in [9.17, 15) is 9.59 Å². The second-order valence-electron chi connectivity index (χ2n) is 7.15. The Morgan fingerprint density at radius 3 is 2.76 bits per heavy atom. The van der Waals surface area contributed by atoms with Crippen LogP contribution in [0.25, 0.3) is 0 Å². The third-order valence-corrected chi connectivity index (χ3v) is 5.74. The molecule has 29 heavy (non-hydrogen) atoms. The van der Waals surface area contributed by atoms with Crippen LogP contribution in [0.4, 0.5) is 0 Å². The van der Waals surface area contributed by atoms with Crippen molar-refractivity contribution in [3.63, 3.8) is 0 Å². The van der Waals surface area contributed by atoms with Gasteiger partial charge in [-0.2, -0.15) is 0 Å². The molecule has 1 saturated carbocycles. The molecule has 2 heterocycles. The van der Waals surface area contributed by atoms with Crippen LogP contribution < -0.4 is 20.5 Å². The molecule has 1 aliphatic carbocycles. The number of fused-ring (bicyclic) bond motifs is 1. The van der Waals surface area contributed by atoms with Crippen LogP contribution >= 0.6 is 11.8 Å². The lowest BCUT2D eigenvalue weighted by Crippen LogP contribution is -2.28. The first-order chi connectivity index (χ1) is 14.0. The number of thioether (sulfide) groups is 1. The average molecular weight is 417 g/mol. The minimum atomic E-state index is -0.453. The zero-order chi connectivity index (χ0) is 20.4. The van der Waals surface area contributed by atoms with Gasteiger partial charge in [0.2, 0.25) is 11.8 Å². The lowest BCUT2D eigenvalue weighted by Gasteiger charge is -2.21. The van der Waals surface area contributed by atoms with Crippen molar-refractivity contribution in [2.45, 2.75) is 43.4 Å². The van der Waals surface area contributed by atoms with Crippen molar-refractivity contribution >= 4 is 23.6 Å². The predicted molar refractivity (Wildman–Crippen MR) is 106 cm³/mol. The maximum atomic E-state index is 12.4. The highest BCUT2D eigenvalue weighted by atomic mass is 32.2. The highest BCUT2D eigenvalue weighted by Crippen LogP contribution is 2.40. The highest BCUT2D eigenvalue weighted by molar-refractivity contribution is 7.99. The van der Waals surface area contributed by atoms with E-state index in [2.05, 4.69) is 15.5 Å². The van der Waals surface area contributed by atoms with Crippen molar-refractivity contribution in [3.05, 3.63) is 29.6 Å². The summed E-state index contributed by atoms with van der Waals surface area (Å²) in [6.07, 6.45) is 2.07. The van der Waals surface area contributed by atoms with Crippen LogP contribution in [-0.2, 0) is 16.1 Å². The van der Waals surface area contributed by atoms with E-state index >= 15 is 0 Å². The van der Waals surface area contributed by atoms with E-state index in [0.717, 1.165) is 24.2 Å². The number of carbonyl (C=O) groups is 2. The van der Waals surface area contributed by atoms with Gasteiger partial charge in [-0.15, -0.1) is 10.2 Å². The molecule has 4 rings (SSSR count). The normalized spacial score (nSPS) is 16.3. The van der Waals surface area contributed by atoms with Gasteiger partial charge in [-0.05, 0) is 37.5 Å². The summed E-state index contributed by atoms with van der Waals surface area (Å²) in [5.41, 5.74) is 6.28. The quantitative estimate of drug-likeness (QED) is 0.622. The molecule has 2 aliphatic rings. The fraction of sp³-hybridized carbons (Fsp3) is 0.474. The summed E-state index contributed by atoms with van der Waals surface area (Å²) in [7, 11) is 0. The van der Waals surface area contributed by atoms with Gasteiger partial charge in [0.25, 0.3) is 0 Å². The monoisotopic (exact) mass is 417 g/mol. The van der Waals surface area contributed by atoms with E-state index in [0.29, 0.717) is 35.8 Å². The number of nitrogens with one attached hydrogen (secondary N) is 1. The molecule has 2 aromatic rings. The first-order valence-corrected chi connectivity index (χ1v) is 10.5. The lowest BCUT2D eigenvalue weighted by atomic mass is 10.1. The molecule has 0 radical (unpaired) electrons. The summed E-state index contributed by atoms with van der Waals surface area (Å²) in [5.74, 6) is 2.09. The first kappa shape index (κ1) is 19.6. The topological polar surface area (TPSA) is 121 Å². The lowest BCUT2D eigenvalue weighted by molar-refractivity contribution is -0.119. The fourth-order valence-electron chi connectivity index (χ4n) is 3.18. The summed E-state index contributed by atoms with van der Waals surface area (Å²) in [4.78, 5) is 23.8. The SMILES string of the molecule is C[C@H](NC(=O)CSc1nnc(C2CC2)n1CC(N)=O)c1ccc2c(c1)OCCO2. The Labute approximate surface area is 172 Å². The number of nitrogens with zero attached hydrogens (tertiary/aromatic N) is 3. The van der Waals surface area contributed by atoms with Gasteiger partial charge in [-0.1, -0.05) is 17.8 Å². The molecule has 1 fully saturated rings. The number of hydrogen-bond acceptors (Lipinski definition) is 7. The molecule has 0 unspecified atom stereocenters. The zero-order valence-corrected chi connectivity index (χ0v) is 16.9. The molecule has 1 aliphatic heterocycles. The molecule has 10 heteroatoms. The van der Waals surface area contributed by atoms with Crippen LogP contribution in [0.5, 0.6) is 11.5 Å². The largest absolute Gasteiger partial charge is 0.486 e. The molecule has 154 valence electrons. The van der Waals surface area contributed by atoms with Crippen molar-refractivity contribution in [2.75, 3.05) is 19.0 Å². The van der Waals surface area contributed by atoms with Gasteiger partial charge in [0.05, 0.1) is 11.8 Å². The number of carbonyl (C=O) groups excluding carboxylic acids is 2. The maximum absolute atomic E-state index is 12.4. The third kappa shape index (κ3) is 4.64. The molecule has 9 nitrogen and oxygen atoms in total. The third-order valence-electron chi connectivity index (χ3n) is 4.78. The average Bonchev–Trinajstić information content (AvgIpc) is 3.47. The van der Waals surface area contributed by atoms with Crippen LogP contribution in [-0.4, -0.2) is 45.5 Å². The number of hydrogen-bond donors (Lipinski definition) is 2. The van der Waals surface area contributed by atoms with Gasteiger partial charge < -0.3 is 20.5 Å². The van der Waals surface area contributed by atoms with Gasteiger partial charge in [-0.25, -0.2) is 0 Å². The minimum absolute atomic E-state index is 0.0242. The summed E-state index contributed by atoms with van der Waals surface area (Å²) < 4.78 is 12.8. The van der Waals surface area contributed by atoms with Crippen LogP contribution in [0.2, 0.25) is 0 Å². The summed E-state index contributed by atoms with van der Waals surface area (Å²) in [5, 5.41) is 11.8. The van der Waals surface area contributed by atoms with Crippen LogP contribution in [0.3, 0.4) is 0 Å². The maximum Gasteiger partial charge on any atom is 0.237 e. The molecular weight excluding hydrogens is 394 g/mol. The van der Waals surface area contributed by atoms with E-state index in [4.69, 9.17) is 15.2 Å². The Kier molecular flexibility index (Phi) is 5.61. The van der Waals surface area contributed by atoms with Crippen LogP contribution in [0.1, 0.15) is 43.1 Å². The van der Waals surface area contributed by atoms with Crippen molar-refractivity contribution in [1.82, 2.24) is 20.1 Å². The molecule has 1 aromatic heterocycles. The molecule has 0 bridgehead atoms. The Hall–Kier alpha value is -2.75. The predicted octanol–water partition coefficient (Wildman–Crippen LogP) is 1.38. The van der Waals surface area contributed by atoms with Gasteiger partial charge >= 0.3 is 0 Å². The Morgan fingerprint density at radius 2 is 2.03 bits per heavy atom. The molecule has 2 amide bonds. The number of benzene rings is 1. The first-order valence-electron chi connectivity index (χ1n) is 9.54. The number of ether oxygens (including phenoxy) is 2. The van der Waals surface area contributed by atoms with E-state index in [1.165, 1.54) is 11.8 Å². The van der Waals surface area contributed by atoms with Crippen molar-refractivity contribution in [3.8, 4) is 11.5 Å². The molecular formula is C19H23N5O4S. The number of aromatic nitrogens is 3. The number of nitrogens with two attached hydrogens (primary N) is 1.